The molecule has 0 saturated carbocycles. The Morgan fingerprint density at radius 1 is 1.44 bits per heavy atom. The predicted octanol–water partition coefficient (Wildman–Crippen LogP) is 1.41. The number of rotatable bonds is 1. The van der Waals surface area contributed by atoms with Gasteiger partial charge in [-0.1, -0.05) is 6.08 Å². The predicted molar refractivity (Wildman–Crippen MR) is 63.2 cm³/mol. The van der Waals surface area contributed by atoms with Gasteiger partial charge in [-0.25, -0.2) is 9.50 Å². The van der Waals surface area contributed by atoms with Crippen LogP contribution in [0.3, 0.4) is 0 Å². The van der Waals surface area contributed by atoms with E-state index in [1.54, 1.807) is 6.33 Å². The third-order valence-electron chi connectivity index (χ3n) is 3.03. The molecule has 0 atom stereocenters. The van der Waals surface area contributed by atoms with Crippen LogP contribution in [-0.2, 0) is 0 Å². The van der Waals surface area contributed by atoms with Crippen LogP contribution in [0.4, 0.5) is 0 Å². The average molecular weight is 214 g/mol. The highest BCUT2D eigenvalue weighted by Crippen LogP contribution is 2.23. The highest BCUT2D eigenvalue weighted by Gasteiger charge is 2.10. The van der Waals surface area contributed by atoms with Gasteiger partial charge in [0.1, 0.15) is 6.33 Å². The summed E-state index contributed by atoms with van der Waals surface area (Å²) < 4.78 is 1.84. The summed E-state index contributed by atoms with van der Waals surface area (Å²) in [6.07, 6.45) is 7.01. The number of aryl methyl sites for hydroxylation is 1. The summed E-state index contributed by atoms with van der Waals surface area (Å²) in [6.45, 7) is 4.15. The Bertz CT molecular complexity index is 553. The lowest BCUT2D eigenvalue weighted by Crippen LogP contribution is -2.20. The van der Waals surface area contributed by atoms with E-state index in [2.05, 4.69) is 40.7 Å². The van der Waals surface area contributed by atoms with Crippen molar-refractivity contribution in [2.45, 2.75) is 13.3 Å². The van der Waals surface area contributed by atoms with Gasteiger partial charge in [0, 0.05) is 12.7 Å². The first-order valence-electron chi connectivity index (χ1n) is 5.55. The molecular weight excluding hydrogens is 200 g/mol. The maximum Gasteiger partial charge on any atom is 0.155 e. The van der Waals surface area contributed by atoms with Gasteiger partial charge in [0.25, 0.3) is 0 Å². The number of hydrogen-bond donors (Lipinski definition) is 1. The molecule has 1 aliphatic rings. The van der Waals surface area contributed by atoms with Crippen molar-refractivity contribution in [3.8, 4) is 0 Å². The Morgan fingerprint density at radius 2 is 2.38 bits per heavy atom. The van der Waals surface area contributed by atoms with Crippen molar-refractivity contribution in [3.05, 3.63) is 35.8 Å². The molecular formula is C12H14N4. The molecule has 3 heterocycles. The van der Waals surface area contributed by atoms with Gasteiger partial charge >= 0.3 is 0 Å². The molecule has 0 aliphatic carbocycles. The van der Waals surface area contributed by atoms with Crippen LogP contribution in [0.25, 0.3) is 11.2 Å². The SMILES string of the molecule is Cc1cc2ncnn2cc1C1=CCNCC1. The van der Waals surface area contributed by atoms with Crippen molar-refractivity contribution in [2.24, 2.45) is 0 Å². The first-order valence-corrected chi connectivity index (χ1v) is 5.55. The van der Waals surface area contributed by atoms with Crippen molar-refractivity contribution in [2.75, 3.05) is 13.1 Å². The monoisotopic (exact) mass is 214 g/mol. The highest BCUT2D eigenvalue weighted by molar-refractivity contribution is 5.70. The fourth-order valence-electron chi connectivity index (χ4n) is 2.16. The van der Waals surface area contributed by atoms with E-state index in [1.807, 2.05) is 4.52 Å². The van der Waals surface area contributed by atoms with Crippen LogP contribution >= 0.6 is 0 Å². The summed E-state index contributed by atoms with van der Waals surface area (Å²) in [4.78, 5) is 4.19. The van der Waals surface area contributed by atoms with Crippen LogP contribution in [0.1, 0.15) is 17.5 Å². The molecule has 2 aromatic heterocycles. The van der Waals surface area contributed by atoms with Crippen LogP contribution in [-0.4, -0.2) is 27.7 Å². The van der Waals surface area contributed by atoms with E-state index in [1.165, 1.54) is 16.7 Å². The number of aromatic nitrogens is 3. The van der Waals surface area contributed by atoms with E-state index in [-0.39, 0.29) is 0 Å². The number of pyridine rings is 1. The van der Waals surface area contributed by atoms with Crippen molar-refractivity contribution in [3.63, 3.8) is 0 Å². The zero-order chi connectivity index (χ0) is 11.0. The number of nitrogens with one attached hydrogen (secondary N) is 1. The van der Waals surface area contributed by atoms with Crippen LogP contribution in [0.15, 0.2) is 24.7 Å². The number of fused-ring (bicyclic) bond motifs is 1. The molecule has 4 nitrogen and oxygen atoms in total. The van der Waals surface area contributed by atoms with Gasteiger partial charge in [-0.05, 0) is 42.7 Å². The zero-order valence-electron chi connectivity index (χ0n) is 9.27. The van der Waals surface area contributed by atoms with Gasteiger partial charge < -0.3 is 5.32 Å². The van der Waals surface area contributed by atoms with Crippen molar-refractivity contribution < 1.29 is 0 Å². The van der Waals surface area contributed by atoms with Gasteiger partial charge in [-0.2, -0.15) is 5.10 Å². The van der Waals surface area contributed by atoms with Crippen LogP contribution in [0.5, 0.6) is 0 Å². The lowest BCUT2D eigenvalue weighted by Gasteiger charge is -2.16. The third-order valence-corrected chi connectivity index (χ3v) is 3.03. The van der Waals surface area contributed by atoms with E-state index in [0.29, 0.717) is 0 Å². The lowest BCUT2D eigenvalue weighted by molar-refractivity contribution is 0.737. The standard InChI is InChI=1S/C12H14N4/c1-9-6-12-14-8-15-16(12)7-11(9)10-2-4-13-5-3-10/h2,6-8,13H,3-5H2,1H3. The molecule has 3 rings (SSSR count). The number of nitrogens with zero attached hydrogens (tertiary/aromatic N) is 3. The largest absolute Gasteiger partial charge is 0.313 e. The minimum absolute atomic E-state index is 0.913. The molecule has 0 bridgehead atoms. The maximum atomic E-state index is 4.19. The molecule has 0 fully saturated rings. The van der Waals surface area contributed by atoms with Crippen molar-refractivity contribution >= 4 is 11.2 Å². The third kappa shape index (κ3) is 1.51. The van der Waals surface area contributed by atoms with Crippen LogP contribution < -0.4 is 5.32 Å². The van der Waals surface area contributed by atoms with Gasteiger partial charge in [0.05, 0.1) is 0 Å². The Balaban J connectivity index is 2.14. The summed E-state index contributed by atoms with van der Waals surface area (Å²) in [6, 6.07) is 2.09. The summed E-state index contributed by atoms with van der Waals surface area (Å²) in [5.41, 5.74) is 4.89. The fourth-order valence-corrected chi connectivity index (χ4v) is 2.16. The van der Waals surface area contributed by atoms with Crippen molar-refractivity contribution in [1.29, 1.82) is 0 Å². The van der Waals surface area contributed by atoms with E-state index in [0.717, 1.165) is 25.2 Å². The number of hydrogen-bond acceptors (Lipinski definition) is 3. The molecule has 2 aromatic rings. The highest BCUT2D eigenvalue weighted by atomic mass is 15.3. The Hall–Kier alpha value is -1.68. The molecule has 0 amide bonds. The van der Waals surface area contributed by atoms with Gasteiger partial charge in [0.15, 0.2) is 5.65 Å². The van der Waals surface area contributed by atoms with Crippen molar-refractivity contribution in [1.82, 2.24) is 19.9 Å². The molecule has 0 radical (unpaired) electrons. The second-order valence-corrected chi connectivity index (χ2v) is 4.12. The second kappa shape index (κ2) is 3.72. The Morgan fingerprint density at radius 3 is 3.19 bits per heavy atom. The first-order chi connectivity index (χ1) is 7.84. The minimum Gasteiger partial charge on any atom is -0.313 e. The normalized spacial score (nSPS) is 16.4. The van der Waals surface area contributed by atoms with Gasteiger partial charge in [-0.3, -0.25) is 0 Å². The van der Waals surface area contributed by atoms with Gasteiger partial charge in [-0.15, -0.1) is 0 Å². The molecule has 0 spiro atoms. The quantitative estimate of drug-likeness (QED) is 0.780. The molecule has 82 valence electrons. The maximum absolute atomic E-state index is 4.19. The summed E-state index contributed by atoms with van der Waals surface area (Å²) in [7, 11) is 0. The van der Waals surface area contributed by atoms with E-state index >= 15 is 0 Å². The fraction of sp³-hybridized carbons (Fsp3) is 0.333. The van der Waals surface area contributed by atoms with Gasteiger partial charge in [0.2, 0.25) is 0 Å². The molecule has 0 unspecified atom stereocenters. The van der Waals surface area contributed by atoms with E-state index in [4.69, 9.17) is 0 Å². The van der Waals surface area contributed by atoms with E-state index in [9.17, 15) is 0 Å². The Kier molecular flexibility index (Phi) is 2.22. The second-order valence-electron chi connectivity index (χ2n) is 4.12. The smallest absolute Gasteiger partial charge is 0.155 e. The summed E-state index contributed by atoms with van der Waals surface area (Å²) >= 11 is 0. The molecule has 1 N–H and O–H groups in total. The lowest BCUT2D eigenvalue weighted by atomic mass is 9.98. The summed E-state index contributed by atoms with van der Waals surface area (Å²) in [5.74, 6) is 0. The van der Waals surface area contributed by atoms with Crippen LogP contribution in [0, 0.1) is 6.92 Å². The molecule has 1 aliphatic heterocycles. The molecule has 0 saturated heterocycles. The van der Waals surface area contributed by atoms with Crippen LogP contribution in [0.2, 0.25) is 0 Å². The molecule has 16 heavy (non-hydrogen) atoms. The van der Waals surface area contributed by atoms with E-state index < -0.39 is 0 Å². The Labute approximate surface area is 94.0 Å². The molecule has 4 heteroatoms. The zero-order valence-corrected chi connectivity index (χ0v) is 9.27. The minimum atomic E-state index is 0.913. The first kappa shape index (κ1) is 9.54. The average Bonchev–Trinajstić information content (AvgIpc) is 2.76. The topological polar surface area (TPSA) is 42.2 Å². The molecule has 0 aromatic carbocycles. The summed E-state index contributed by atoms with van der Waals surface area (Å²) in [5, 5.41) is 7.50.